The second kappa shape index (κ2) is 6.60. The van der Waals surface area contributed by atoms with E-state index in [9.17, 15) is 12.8 Å². The summed E-state index contributed by atoms with van der Waals surface area (Å²) in [5, 5.41) is 3.04. The quantitative estimate of drug-likeness (QED) is 0.899. The van der Waals surface area contributed by atoms with Gasteiger partial charge in [0.2, 0.25) is 0 Å². The molecule has 2 aromatic rings. The van der Waals surface area contributed by atoms with Crippen molar-refractivity contribution in [2.24, 2.45) is 4.99 Å². The monoisotopic (exact) mass is 348 g/mol. The predicted octanol–water partition coefficient (Wildman–Crippen LogP) is 2.16. The molecule has 0 saturated carbocycles. The number of hydrogen-bond acceptors (Lipinski definition) is 5. The molecule has 2 aromatic carbocycles. The molecule has 0 unspecified atom stereocenters. The molecule has 0 bridgehead atoms. The SMILES string of the molecule is CS(=O)(=O)c1ccc(COc2cccc(F)c2C2=NCCN2)cc1. The van der Waals surface area contributed by atoms with Crippen LogP contribution in [0.25, 0.3) is 0 Å². The van der Waals surface area contributed by atoms with E-state index in [1.54, 1.807) is 24.3 Å². The zero-order chi connectivity index (χ0) is 17.2. The van der Waals surface area contributed by atoms with Crippen LogP contribution >= 0.6 is 0 Å². The zero-order valence-corrected chi connectivity index (χ0v) is 13.9. The van der Waals surface area contributed by atoms with Crippen molar-refractivity contribution in [3.05, 3.63) is 59.4 Å². The molecule has 0 amide bonds. The number of hydrogen-bond donors (Lipinski definition) is 1. The second-order valence-electron chi connectivity index (χ2n) is 5.47. The molecule has 3 rings (SSSR count). The molecule has 0 fully saturated rings. The maximum Gasteiger partial charge on any atom is 0.175 e. The fourth-order valence-corrected chi connectivity index (χ4v) is 3.04. The van der Waals surface area contributed by atoms with Crippen LogP contribution in [0, 0.1) is 5.82 Å². The number of nitrogens with one attached hydrogen (secondary N) is 1. The van der Waals surface area contributed by atoms with Gasteiger partial charge in [-0.1, -0.05) is 18.2 Å². The fraction of sp³-hybridized carbons (Fsp3) is 0.235. The Morgan fingerprint density at radius 2 is 1.96 bits per heavy atom. The Balaban J connectivity index is 1.79. The molecule has 0 spiro atoms. The summed E-state index contributed by atoms with van der Waals surface area (Å²) in [6.07, 6.45) is 1.16. The van der Waals surface area contributed by atoms with Gasteiger partial charge in [-0.2, -0.15) is 0 Å². The zero-order valence-electron chi connectivity index (χ0n) is 13.1. The van der Waals surface area contributed by atoms with Gasteiger partial charge in [-0.3, -0.25) is 4.99 Å². The van der Waals surface area contributed by atoms with Crippen LogP contribution in [0.3, 0.4) is 0 Å². The summed E-state index contributed by atoms with van der Waals surface area (Å²) in [4.78, 5) is 4.49. The van der Waals surface area contributed by atoms with Gasteiger partial charge >= 0.3 is 0 Å². The second-order valence-corrected chi connectivity index (χ2v) is 7.49. The number of sulfone groups is 1. The summed E-state index contributed by atoms with van der Waals surface area (Å²) in [6, 6.07) is 11.1. The highest BCUT2D eigenvalue weighted by Crippen LogP contribution is 2.24. The lowest BCUT2D eigenvalue weighted by atomic mass is 10.1. The van der Waals surface area contributed by atoms with Gasteiger partial charge in [-0.05, 0) is 29.8 Å². The van der Waals surface area contributed by atoms with Gasteiger partial charge < -0.3 is 10.1 Å². The van der Waals surface area contributed by atoms with E-state index in [2.05, 4.69) is 10.3 Å². The van der Waals surface area contributed by atoms with Crippen LogP contribution in [0.5, 0.6) is 5.75 Å². The molecule has 1 heterocycles. The lowest BCUT2D eigenvalue weighted by Crippen LogP contribution is -2.21. The molecule has 0 aromatic heterocycles. The van der Waals surface area contributed by atoms with Gasteiger partial charge in [0.1, 0.15) is 24.0 Å². The Hall–Kier alpha value is -2.41. The standard InChI is InChI=1S/C17H17FN2O3S/c1-24(21,22)13-7-5-12(6-8-13)11-23-15-4-2-3-14(18)16(15)17-19-9-10-20-17/h2-8H,9-11H2,1H3,(H,19,20). The molecule has 7 heteroatoms. The van der Waals surface area contributed by atoms with Gasteiger partial charge in [0, 0.05) is 12.8 Å². The first-order valence-electron chi connectivity index (χ1n) is 7.44. The van der Waals surface area contributed by atoms with Crippen molar-refractivity contribution < 1.29 is 17.5 Å². The Labute approximate surface area is 140 Å². The molecule has 0 aliphatic carbocycles. The molecule has 1 N–H and O–H groups in total. The molecule has 5 nitrogen and oxygen atoms in total. The van der Waals surface area contributed by atoms with Gasteiger partial charge in [0.25, 0.3) is 0 Å². The van der Waals surface area contributed by atoms with E-state index in [1.165, 1.54) is 18.2 Å². The van der Waals surface area contributed by atoms with E-state index in [0.29, 0.717) is 30.2 Å². The summed E-state index contributed by atoms with van der Waals surface area (Å²) in [6.45, 7) is 1.49. The van der Waals surface area contributed by atoms with Crippen LogP contribution < -0.4 is 10.1 Å². The van der Waals surface area contributed by atoms with Crippen LogP contribution in [0.15, 0.2) is 52.4 Å². The lowest BCUT2D eigenvalue weighted by Gasteiger charge is -2.13. The van der Waals surface area contributed by atoms with E-state index < -0.39 is 15.7 Å². The molecule has 1 aliphatic heterocycles. The third-order valence-corrected chi connectivity index (χ3v) is 4.76. The number of aliphatic imine (C=N–C) groups is 1. The smallest absolute Gasteiger partial charge is 0.175 e. The fourth-order valence-electron chi connectivity index (χ4n) is 2.41. The number of amidine groups is 1. The van der Waals surface area contributed by atoms with Crippen LogP contribution in [0.4, 0.5) is 4.39 Å². The minimum atomic E-state index is -3.22. The largest absolute Gasteiger partial charge is 0.488 e. The van der Waals surface area contributed by atoms with Crippen molar-refractivity contribution in [2.45, 2.75) is 11.5 Å². The topological polar surface area (TPSA) is 67.8 Å². The average Bonchev–Trinajstić information content (AvgIpc) is 3.06. The van der Waals surface area contributed by atoms with Crippen LogP contribution in [0.1, 0.15) is 11.1 Å². The van der Waals surface area contributed by atoms with Crippen molar-refractivity contribution in [3.63, 3.8) is 0 Å². The molecule has 0 atom stereocenters. The molecule has 0 radical (unpaired) electrons. The minimum Gasteiger partial charge on any atom is -0.488 e. The molecular weight excluding hydrogens is 331 g/mol. The van der Waals surface area contributed by atoms with Crippen molar-refractivity contribution in [1.82, 2.24) is 5.32 Å². The Bertz CT molecular complexity index is 877. The van der Waals surface area contributed by atoms with Crippen molar-refractivity contribution in [2.75, 3.05) is 19.3 Å². The molecule has 126 valence electrons. The van der Waals surface area contributed by atoms with Crippen LogP contribution in [-0.4, -0.2) is 33.6 Å². The number of halogens is 1. The molecular formula is C17H17FN2O3S. The third kappa shape index (κ3) is 3.56. The molecule has 24 heavy (non-hydrogen) atoms. The van der Waals surface area contributed by atoms with Crippen molar-refractivity contribution >= 4 is 15.7 Å². The number of ether oxygens (including phenoxy) is 1. The average molecular weight is 348 g/mol. The maximum absolute atomic E-state index is 14.1. The summed E-state index contributed by atoms with van der Waals surface area (Å²) < 4.78 is 42.8. The highest BCUT2D eigenvalue weighted by Gasteiger charge is 2.18. The first-order valence-corrected chi connectivity index (χ1v) is 9.33. The Morgan fingerprint density at radius 1 is 1.21 bits per heavy atom. The van der Waals surface area contributed by atoms with Gasteiger partial charge in [-0.25, -0.2) is 12.8 Å². The number of benzene rings is 2. The Kier molecular flexibility index (Phi) is 4.53. The van der Waals surface area contributed by atoms with Crippen molar-refractivity contribution in [1.29, 1.82) is 0 Å². The first-order chi connectivity index (χ1) is 11.4. The van der Waals surface area contributed by atoms with Crippen LogP contribution in [0.2, 0.25) is 0 Å². The molecule has 1 aliphatic rings. The van der Waals surface area contributed by atoms with E-state index >= 15 is 0 Å². The van der Waals surface area contributed by atoms with Crippen LogP contribution in [-0.2, 0) is 16.4 Å². The number of nitrogens with zero attached hydrogens (tertiary/aromatic N) is 1. The maximum atomic E-state index is 14.1. The highest BCUT2D eigenvalue weighted by atomic mass is 32.2. The van der Waals surface area contributed by atoms with E-state index in [4.69, 9.17) is 4.74 Å². The van der Waals surface area contributed by atoms with E-state index in [0.717, 1.165) is 11.8 Å². The Morgan fingerprint density at radius 3 is 2.58 bits per heavy atom. The summed E-state index contributed by atoms with van der Waals surface area (Å²) in [5.74, 6) is 0.499. The van der Waals surface area contributed by atoms with E-state index in [-0.39, 0.29) is 11.5 Å². The third-order valence-electron chi connectivity index (χ3n) is 3.63. The summed E-state index contributed by atoms with van der Waals surface area (Å²) >= 11 is 0. The van der Waals surface area contributed by atoms with E-state index in [1.807, 2.05) is 0 Å². The van der Waals surface area contributed by atoms with Gasteiger partial charge in [0.15, 0.2) is 9.84 Å². The van der Waals surface area contributed by atoms with Gasteiger partial charge in [-0.15, -0.1) is 0 Å². The molecule has 0 saturated heterocycles. The minimum absolute atomic E-state index is 0.202. The summed E-state index contributed by atoms with van der Waals surface area (Å²) in [5.41, 5.74) is 1.11. The predicted molar refractivity (Wildman–Crippen MR) is 89.7 cm³/mol. The van der Waals surface area contributed by atoms with Gasteiger partial charge in [0.05, 0.1) is 17.0 Å². The highest BCUT2D eigenvalue weighted by molar-refractivity contribution is 7.90. The first kappa shape index (κ1) is 16.4. The normalized spacial score (nSPS) is 14.2. The summed E-state index contributed by atoms with van der Waals surface area (Å²) in [7, 11) is -3.22. The lowest BCUT2D eigenvalue weighted by molar-refractivity contribution is 0.303. The van der Waals surface area contributed by atoms with Crippen molar-refractivity contribution in [3.8, 4) is 5.75 Å². The number of rotatable bonds is 5.